The molecule has 0 aliphatic rings. The van der Waals surface area contributed by atoms with Crippen molar-refractivity contribution in [3.05, 3.63) is 24.3 Å². The second-order valence-electron chi connectivity index (χ2n) is 5.40. The van der Waals surface area contributed by atoms with E-state index in [0.717, 1.165) is 64.5 Å². The summed E-state index contributed by atoms with van der Waals surface area (Å²) in [6, 6.07) is 0. The number of carboxylic acid groups (broad SMARTS) is 1. The first-order valence-corrected chi connectivity index (χ1v) is 8.42. The molecule has 0 radical (unpaired) electrons. The zero-order valence-electron chi connectivity index (χ0n) is 14.9. The smallest absolute Gasteiger partial charge is 0.549 e. The molecule has 4 heteroatoms. The van der Waals surface area contributed by atoms with Crippen LogP contribution in [0.1, 0.15) is 65.2 Å². The number of hydrogen-bond donors (Lipinski definition) is 0. The summed E-state index contributed by atoms with van der Waals surface area (Å²) in [7, 11) is 0. The van der Waals surface area contributed by atoms with E-state index in [1.807, 2.05) is 4.90 Å². The Kier molecular flexibility index (Phi) is 20.0. The van der Waals surface area contributed by atoms with Crippen LogP contribution in [-0.2, 0) is 4.79 Å². The van der Waals surface area contributed by atoms with Crippen molar-refractivity contribution in [2.24, 2.45) is 0 Å². The molecule has 0 unspecified atom stereocenters. The van der Waals surface area contributed by atoms with E-state index >= 15 is 0 Å². The van der Waals surface area contributed by atoms with Crippen LogP contribution in [-0.4, -0.2) is 30.5 Å². The molecule has 122 valence electrons. The summed E-state index contributed by atoms with van der Waals surface area (Å²) in [4.78, 5) is 12.8. The molecule has 22 heavy (non-hydrogen) atoms. The van der Waals surface area contributed by atoms with Gasteiger partial charge in [-0.2, -0.15) is 0 Å². The minimum atomic E-state index is -0.966. The first-order valence-electron chi connectivity index (χ1n) is 8.42. The molecule has 0 spiro atoms. The molecule has 0 rings (SSSR count). The summed E-state index contributed by atoms with van der Waals surface area (Å²) < 4.78 is 0. The van der Waals surface area contributed by atoms with Crippen molar-refractivity contribution in [3.8, 4) is 0 Å². The van der Waals surface area contributed by atoms with Gasteiger partial charge in [0.25, 0.3) is 0 Å². The monoisotopic (exact) mass is 301 g/mol. The normalized spacial score (nSPS) is 11.4. The predicted molar refractivity (Wildman–Crippen MR) is 88.0 cm³/mol. The van der Waals surface area contributed by atoms with Crippen molar-refractivity contribution in [2.45, 2.75) is 65.2 Å². The second-order valence-corrected chi connectivity index (χ2v) is 5.40. The van der Waals surface area contributed by atoms with E-state index < -0.39 is 5.97 Å². The maximum atomic E-state index is 10.8. The summed E-state index contributed by atoms with van der Waals surface area (Å²) in [5, 5.41) is 10.8. The maximum Gasteiger partial charge on any atom is 1.00 e. The quantitative estimate of drug-likeness (QED) is 0.264. The summed E-state index contributed by atoms with van der Waals surface area (Å²) >= 11 is 0. The third-order valence-electron chi connectivity index (χ3n) is 3.35. The van der Waals surface area contributed by atoms with Crippen LogP contribution >= 0.6 is 0 Å². The van der Waals surface area contributed by atoms with Crippen molar-refractivity contribution >= 4 is 5.97 Å². The van der Waals surface area contributed by atoms with E-state index in [1.165, 1.54) is 0 Å². The average Bonchev–Trinajstić information content (AvgIpc) is 2.45. The molecule has 0 saturated carbocycles. The fraction of sp³-hybridized carbons (Fsp3) is 0.722. The topological polar surface area (TPSA) is 43.4 Å². The fourth-order valence-corrected chi connectivity index (χ4v) is 2.22. The van der Waals surface area contributed by atoms with Gasteiger partial charge in [0, 0.05) is 6.54 Å². The molecular weight excluding hydrogens is 269 g/mol. The largest absolute Gasteiger partial charge is 1.00 e. The molecule has 0 heterocycles. The Morgan fingerprint density at radius 3 is 1.68 bits per heavy atom. The van der Waals surface area contributed by atoms with Gasteiger partial charge in [-0.1, -0.05) is 38.2 Å². The van der Waals surface area contributed by atoms with Crippen LogP contribution in [0.3, 0.4) is 0 Å². The number of allylic oxidation sites excluding steroid dienone is 4. The van der Waals surface area contributed by atoms with Gasteiger partial charge in [0.1, 0.15) is 0 Å². The molecule has 0 N–H and O–H groups in total. The van der Waals surface area contributed by atoms with Crippen LogP contribution in [0.5, 0.6) is 0 Å². The molecular formula is C18H32LiNO2. The average molecular weight is 301 g/mol. The molecule has 0 fully saturated rings. The number of unbranched alkanes of at least 4 members (excludes halogenated alkanes) is 4. The SMILES string of the molecule is CC/C=C/CCCCN(CCCC/C=C/CC)CC(=O)[O-].[Li+]. The van der Waals surface area contributed by atoms with Crippen molar-refractivity contribution in [1.82, 2.24) is 4.90 Å². The third kappa shape index (κ3) is 17.6. The predicted octanol–water partition coefficient (Wildman–Crippen LogP) is 0.315. The summed E-state index contributed by atoms with van der Waals surface area (Å²) in [6.45, 7) is 6.05. The van der Waals surface area contributed by atoms with Gasteiger partial charge < -0.3 is 9.90 Å². The number of carbonyl (C=O) groups is 1. The van der Waals surface area contributed by atoms with E-state index in [4.69, 9.17) is 0 Å². The Hall–Kier alpha value is -0.493. The van der Waals surface area contributed by atoms with Crippen LogP contribution in [0.4, 0.5) is 0 Å². The van der Waals surface area contributed by atoms with Crippen LogP contribution in [0.15, 0.2) is 24.3 Å². The molecule has 0 aromatic carbocycles. The zero-order valence-corrected chi connectivity index (χ0v) is 14.9. The number of hydrogen-bond acceptors (Lipinski definition) is 3. The fourth-order valence-electron chi connectivity index (χ4n) is 2.22. The maximum absolute atomic E-state index is 10.8. The Bertz CT molecular complexity index is 281. The van der Waals surface area contributed by atoms with Crippen LogP contribution in [0.2, 0.25) is 0 Å². The van der Waals surface area contributed by atoms with Gasteiger partial charge in [-0.05, 0) is 64.5 Å². The van der Waals surface area contributed by atoms with Crippen LogP contribution in [0.25, 0.3) is 0 Å². The molecule has 0 aromatic heterocycles. The Balaban J connectivity index is 0. The zero-order chi connectivity index (χ0) is 15.8. The number of nitrogens with zero attached hydrogens (tertiary/aromatic N) is 1. The van der Waals surface area contributed by atoms with E-state index in [2.05, 4.69) is 38.2 Å². The Morgan fingerprint density at radius 2 is 1.32 bits per heavy atom. The first-order chi connectivity index (χ1) is 10.2. The summed E-state index contributed by atoms with van der Waals surface area (Å²) in [5.74, 6) is -0.966. The molecule has 0 amide bonds. The van der Waals surface area contributed by atoms with Crippen molar-refractivity contribution in [3.63, 3.8) is 0 Å². The van der Waals surface area contributed by atoms with Gasteiger partial charge in [-0.15, -0.1) is 0 Å². The summed E-state index contributed by atoms with van der Waals surface area (Å²) in [5.41, 5.74) is 0. The summed E-state index contributed by atoms with van der Waals surface area (Å²) in [6.07, 6.45) is 17.5. The number of carbonyl (C=O) groups excluding carboxylic acids is 1. The molecule has 0 aromatic rings. The van der Waals surface area contributed by atoms with E-state index in [1.54, 1.807) is 0 Å². The van der Waals surface area contributed by atoms with Gasteiger partial charge in [-0.25, -0.2) is 0 Å². The minimum Gasteiger partial charge on any atom is -0.549 e. The second kappa shape index (κ2) is 18.6. The minimum absolute atomic E-state index is 0. The number of aliphatic carboxylic acids is 1. The van der Waals surface area contributed by atoms with E-state index in [-0.39, 0.29) is 25.4 Å². The standard InChI is InChI=1S/C18H33NO2.Li/c1-3-5-7-9-11-13-15-19(17-18(20)21)16-14-12-10-8-6-4-2;/h5-8H,3-4,9-17H2,1-2H3,(H,20,21);/q;+1/p-1/b7-5+,8-6+;. The molecule has 0 saturated heterocycles. The molecule has 0 aliphatic heterocycles. The Labute approximate surface area is 149 Å². The van der Waals surface area contributed by atoms with Crippen LogP contribution in [0, 0.1) is 0 Å². The first kappa shape index (κ1) is 23.8. The number of carboxylic acids is 1. The third-order valence-corrected chi connectivity index (χ3v) is 3.35. The van der Waals surface area contributed by atoms with Crippen molar-refractivity contribution in [2.75, 3.05) is 19.6 Å². The molecule has 3 nitrogen and oxygen atoms in total. The van der Waals surface area contributed by atoms with Crippen molar-refractivity contribution < 1.29 is 28.8 Å². The van der Waals surface area contributed by atoms with Gasteiger partial charge in [-0.3, -0.25) is 4.90 Å². The molecule has 0 atom stereocenters. The van der Waals surface area contributed by atoms with E-state index in [0.29, 0.717) is 0 Å². The number of rotatable bonds is 14. The van der Waals surface area contributed by atoms with Gasteiger partial charge >= 0.3 is 18.9 Å². The van der Waals surface area contributed by atoms with E-state index in [9.17, 15) is 9.90 Å². The van der Waals surface area contributed by atoms with Gasteiger partial charge in [0.2, 0.25) is 0 Å². The molecule has 0 bridgehead atoms. The van der Waals surface area contributed by atoms with Crippen molar-refractivity contribution in [1.29, 1.82) is 0 Å². The molecule has 0 aliphatic carbocycles. The van der Waals surface area contributed by atoms with Gasteiger partial charge in [0.15, 0.2) is 0 Å². The van der Waals surface area contributed by atoms with Gasteiger partial charge in [0.05, 0.1) is 5.97 Å². The Morgan fingerprint density at radius 1 is 0.864 bits per heavy atom. The van der Waals surface area contributed by atoms with Crippen LogP contribution < -0.4 is 24.0 Å².